The number of phenols is 1. The van der Waals surface area contributed by atoms with Crippen LogP contribution in [0.1, 0.15) is 37.7 Å². The van der Waals surface area contributed by atoms with Crippen molar-refractivity contribution in [3.63, 3.8) is 0 Å². The summed E-state index contributed by atoms with van der Waals surface area (Å²) in [5, 5.41) is 14.8. The van der Waals surface area contributed by atoms with Gasteiger partial charge >= 0.3 is 0 Å². The third kappa shape index (κ3) is 3.86. The molecule has 1 aliphatic rings. The van der Waals surface area contributed by atoms with Gasteiger partial charge in [-0.3, -0.25) is 0 Å². The van der Waals surface area contributed by atoms with E-state index in [-0.39, 0.29) is 0 Å². The van der Waals surface area contributed by atoms with E-state index in [1.165, 1.54) is 36.8 Å². The first-order valence-corrected chi connectivity index (χ1v) is 10.00. The molecule has 2 N–H and O–H groups in total. The molecule has 3 aromatic rings. The van der Waals surface area contributed by atoms with Crippen LogP contribution in [0.4, 0.5) is 0 Å². The van der Waals surface area contributed by atoms with E-state index >= 15 is 0 Å². The Balaban J connectivity index is 1.48. The van der Waals surface area contributed by atoms with Crippen LogP contribution in [0.2, 0.25) is 0 Å². The Bertz CT molecular complexity index is 819. The highest BCUT2D eigenvalue weighted by Gasteiger charge is 2.13. The van der Waals surface area contributed by atoms with Crippen LogP contribution in [0.15, 0.2) is 42.5 Å². The lowest BCUT2D eigenvalue weighted by Crippen LogP contribution is -2.24. The number of rotatable bonds is 5. The summed E-state index contributed by atoms with van der Waals surface area (Å²) in [5.41, 5.74) is 3.06. The minimum atomic E-state index is 0.362. The van der Waals surface area contributed by atoms with Crippen LogP contribution in [-0.2, 0) is 6.54 Å². The number of para-hydroxylation sites is 1. The van der Waals surface area contributed by atoms with Gasteiger partial charge in [0, 0.05) is 17.7 Å². The third-order valence-corrected chi connectivity index (χ3v) is 6.18. The van der Waals surface area contributed by atoms with E-state index in [4.69, 9.17) is 4.98 Å². The Morgan fingerprint density at radius 3 is 2.76 bits per heavy atom. The summed E-state index contributed by atoms with van der Waals surface area (Å²) in [6, 6.07) is 14.0. The van der Waals surface area contributed by atoms with Crippen molar-refractivity contribution in [1.29, 1.82) is 0 Å². The molecular weight excluding hydrogens is 328 g/mol. The number of aromatic hydroxyl groups is 1. The average Bonchev–Trinajstić information content (AvgIpc) is 3.08. The maximum absolute atomic E-state index is 10.2. The second-order valence-corrected chi connectivity index (χ2v) is 8.00. The van der Waals surface area contributed by atoms with Gasteiger partial charge in [0.05, 0.1) is 10.2 Å². The number of nitrogens with one attached hydrogen (secondary N) is 1. The number of nitrogens with zero attached hydrogens (tertiary/aromatic N) is 1. The van der Waals surface area contributed by atoms with Crippen molar-refractivity contribution < 1.29 is 5.11 Å². The molecule has 1 aromatic heterocycles. The van der Waals surface area contributed by atoms with E-state index in [9.17, 15) is 5.11 Å². The van der Waals surface area contributed by atoms with E-state index in [1.807, 2.05) is 24.3 Å². The van der Waals surface area contributed by atoms with Gasteiger partial charge < -0.3 is 10.4 Å². The largest absolute Gasteiger partial charge is 0.508 e. The van der Waals surface area contributed by atoms with Crippen molar-refractivity contribution in [2.75, 3.05) is 6.54 Å². The molecule has 2 aromatic carbocycles. The first-order chi connectivity index (χ1) is 12.3. The van der Waals surface area contributed by atoms with Crippen LogP contribution >= 0.6 is 11.3 Å². The molecule has 1 heterocycles. The molecule has 0 amide bonds. The number of phenolic OH excluding ortho intramolecular Hbond substituents is 1. The summed E-state index contributed by atoms with van der Waals surface area (Å²) in [5.74, 6) is 1.16. The maximum atomic E-state index is 10.2. The number of hydrogen-bond acceptors (Lipinski definition) is 4. The van der Waals surface area contributed by atoms with E-state index in [0.717, 1.165) is 34.1 Å². The van der Waals surface area contributed by atoms with Gasteiger partial charge in [0.2, 0.25) is 0 Å². The van der Waals surface area contributed by atoms with E-state index < -0.39 is 0 Å². The van der Waals surface area contributed by atoms with Gasteiger partial charge in [-0.15, -0.1) is 11.3 Å². The van der Waals surface area contributed by atoms with Gasteiger partial charge in [-0.1, -0.05) is 31.4 Å². The highest BCUT2D eigenvalue weighted by Crippen LogP contribution is 2.32. The average molecular weight is 353 g/mol. The molecule has 25 heavy (non-hydrogen) atoms. The standard InChI is InChI=1S/C21H24N2OS/c24-19-11-10-16(21-23-18-8-4-5-9-20(18)25-21)12-17(19)14-22-13-15-6-2-1-3-7-15/h4-5,8-12,15,22,24H,1-3,6-7,13-14H2. The van der Waals surface area contributed by atoms with Crippen LogP contribution in [0.5, 0.6) is 5.75 Å². The molecule has 0 saturated heterocycles. The minimum absolute atomic E-state index is 0.362. The normalized spacial score (nSPS) is 15.7. The smallest absolute Gasteiger partial charge is 0.124 e. The monoisotopic (exact) mass is 352 g/mol. The lowest BCUT2D eigenvalue weighted by atomic mass is 9.89. The number of benzene rings is 2. The minimum Gasteiger partial charge on any atom is -0.508 e. The van der Waals surface area contributed by atoms with Crippen molar-refractivity contribution in [2.24, 2.45) is 5.92 Å². The summed E-state index contributed by atoms with van der Waals surface area (Å²) >= 11 is 1.70. The first kappa shape index (κ1) is 16.6. The fourth-order valence-corrected chi connectivity index (χ4v) is 4.62. The highest BCUT2D eigenvalue weighted by atomic mass is 32.1. The highest BCUT2D eigenvalue weighted by molar-refractivity contribution is 7.21. The van der Waals surface area contributed by atoms with E-state index in [0.29, 0.717) is 12.3 Å². The van der Waals surface area contributed by atoms with Crippen molar-refractivity contribution in [3.05, 3.63) is 48.0 Å². The van der Waals surface area contributed by atoms with Gasteiger partial charge in [0.15, 0.2) is 0 Å². The van der Waals surface area contributed by atoms with E-state index in [1.54, 1.807) is 17.4 Å². The molecule has 0 aliphatic heterocycles. The lowest BCUT2D eigenvalue weighted by Gasteiger charge is -2.22. The van der Waals surface area contributed by atoms with Crippen LogP contribution in [0.3, 0.4) is 0 Å². The van der Waals surface area contributed by atoms with Gasteiger partial charge in [-0.2, -0.15) is 0 Å². The summed E-state index contributed by atoms with van der Waals surface area (Å²) in [6.45, 7) is 1.76. The predicted molar refractivity (Wildman–Crippen MR) is 105 cm³/mol. The SMILES string of the molecule is Oc1ccc(-c2nc3ccccc3s2)cc1CNCC1CCCCC1. The van der Waals surface area contributed by atoms with Crippen molar-refractivity contribution in [1.82, 2.24) is 10.3 Å². The fraction of sp³-hybridized carbons (Fsp3) is 0.381. The van der Waals surface area contributed by atoms with Crippen LogP contribution < -0.4 is 5.32 Å². The molecule has 0 unspecified atom stereocenters. The van der Waals surface area contributed by atoms with Crippen LogP contribution in [0, 0.1) is 5.92 Å². The third-order valence-electron chi connectivity index (χ3n) is 5.09. The van der Waals surface area contributed by atoms with Crippen molar-refractivity contribution >= 4 is 21.6 Å². The molecule has 0 bridgehead atoms. The molecule has 1 fully saturated rings. The van der Waals surface area contributed by atoms with Gasteiger partial charge in [0.25, 0.3) is 0 Å². The number of aromatic nitrogens is 1. The fourth-order valence-electron chi connectivity index (χ4n) is 3.66. The van der Waals surface area contributed by atoms with Crippen LogP contribution in [0.25, 0.3) is 20.8 Å². The zero-order valence-electron chi connectivity index (χ0n) is 14.4. The molecule has 130 valence electrons. The topological polar surface area (TPSA) is 45.2 Å². The lowest BCUT2D eigenvalue weighted by molar-refractivity contribution is 0.341. The molecule has 0 atom stereocenters. The quantitative estimate of drug-likeness (QED) is 0.651. The van der Waals surface area contributed by atoms with E-state index in [2.05, 4.69) is 17.4 Å². The van der Waals surface area contributed by atoms with Gasteiger partial charge in [-0.05, 0) is 55.6 Å². The van der Waals surface area contributed by atoms with Gasteiger partial charge in [-0.25, -0.2) is 4.98 Å². The molecule has 0 spiro atoms. The molecule has 1 saturated carbocycles. The molecular formula is C21H24N2OS. The zero-order valence-corrected chi connectivity index (χ0v) is 15.2. The Labute approximate surface area is 152 Å². The number of hydrogen-bond donors (Lipinski definition) is 2. The summed E-state index contributed by atoms with van der Waals surface area (Å²) in [7, 11) is 0. The second kappa shape index (κ2) is 7.54. The molecule has 4 rings (SSSR count). The summed E-state index contributed by atoms with van der Waals surface area (Å²) in [6.07, 6.45) is 6.80. The second-order valence-electron chi connectivity index (χ2n) is 6.97. The number of fused-ring (bicyclic) bond motifs is 1. The molecule has 0 radical (unpaired) electrons. The van der Waals surface area contributed by atoms with Crippen molar-refractivity contribution in [3.8, 4) is 16.3 Å². The zero-order chi connectivity index (χ0) is 17.1. The molecule has 4 heteroatoms. The molecule has 1 aliphatic carbocycles. The molecule has 3 nitrogen and oxygen atoms in total. The first-order valence-electron chi connectivity index (χ1n) is 9.18. The Morgan fingerprint density at radius 2 is 1.92 bits per heavy atom. The predicted octanol–water partition coefficient (Wildman–Crippen LogP) is 5.34. The summed E-state index contributed by atoms with van der Waals surface area (Å²) in [4.78, 5) is 4.72. The Morgan fingerprint density at radius 1 is 1.08 bits per heavy atom. The summed E-state index contributed by atoms with van der Waals surface area (Å²) < 4.78 is 1.20. The van der Waals surface area contributed by atoms with Gasteiger partial charge in [0.1, 0.15) is 10.8 Å². The maximum Gasteiger partial charge on any atom is 0.124 e. The Hall–Kier alpha value is -1.91. The van der Waals surface area contributed by atoms with Crippen LogP contribution in [-0.4, -0.2) is 16.6 Å². The number of thiazole rings is 1. The van der Waals surface area contributed by atoms with Crippen molar-refractivity contribution in [2.45, 2.75) is 38.6 Å². The Kier molecular flexibility index (Phi) is 4.99.